The maximum Gasteiger partial charge on any atom is 0.320 e. The molecule has 1 unspecified atom stereocenters. The zero-order valence-electron chi connectivity index (χ0n) is 10.9. The third kappa shape index (κ3) is 17.7. The molecule has 0 saturated heterocycles. The summed E-state index contributed by atoms with van der Waals surface area (Å²) in [6.07, 6.45) is 1.39. The van der Waals surface area contributed by atoms with Gasteiger partial charge < -0.3 is 30.5 Å². The van der Waals surface area contributed by atoms with Crippen LogP contribution in [0, 0.1) is 0 Å². The van der Waals surface area contributed by atoms with Gasteiger partial charge in [0.1, 0.15) is 6.04 Å². The Morgan fingerprint density at radius 1 is 1.11 bits per heavy atom. The SMILES string of the molecule is CCCC(N)C(=O)O.OCCOCCOCCO. The molecule has 0 amide bonds. The highest BCUT2D eigenvalue weighted by Crippen LogP contribution is 1.91. The van der Waals surface area contributed by atoms with E-state index in [1.165, 1.54) is 0 Å². The molecule has 0 aromatic heterocycles. The molecule has 0 saturated carbocycles. The average molecular weight is 267 g/mol. The third-order valence-corrected chi connectivity index (χ3v) is 1.76. The van der Waals surface area contributed by atoms with Gasteiger partial charge in [-0.1, -0.05) is 13.3 Å². The van der Waals surface area contributed by atoms with Gasteiger partial charge in [-0.05, 0) is 6.42 Å². The summed E-state index contributed by atoms with van der Waals surface area (Å²) in [5.74, 6) is -0.910. The van der Waals surface area contributed by atoms with Gasteiger partial charge in [0.15, 0.2) is 0 Å². The van der Waals surface area contributed by atoms with Crippen molar-refractivity contribution in [1.29, 1.82) is 0 Å². The molecule has 1 atom stereocenters. The van der Waals surface area contributed by atoms with Crippen LogP contribution in [0.4, 0.5) is 0 Å². The van der Waals surface area contributed by atoms with Gasteiger partial charge in [-0.3, -0.25) is 4.79 Å². The number of hydrogen-bond acceptors (Lipinski definition) is 6. The minimum atomic E-state index is -0.910. The standard InChI is InChI=1S/C6H14O4.C5H11NO2/c7-1-3-9-5-6-10-4-2-8;1-2-3-4(6)5(7)8/h7-8H,1-6H2;4H,2-3,6H2,1H3,(H,7,8). The van der Waals surface area contributed by atoms with E-state index in [4.69, 9.17) is 30.5 Å². The molecular weight excluding hydrogens is 242 g/mol. The number of carbonyl (C=O) groups is 1. The van der Waals surface area contributed by atoms with Crippen LogP contribution in [0.25, 0.3) is 0 Å². The van der Waals surface area contributed by atoms with Crippen molar-refractivity contribution in [3.05, 3.63) is 0 Å². The molecule has 0 aliphatic carbocycles. The molecule has 18 heavy (non-hydrogen) atoms. The maximum atomic E-state index is 9.96. The van der Waals surface area contributed by atoms with Crippen molar-refractivity contribution in [2.24, 2.45) is 5.73 Å². The van der Waals surface area contributed by atoms with Crippen LogP contribution in [0.15, 0.2) is 0 Å². The Morgan fingerprint density at radius 3 is 1.78 bits per heavy atom. The van der Waals surface area contributed by atoms with E-state index < -0.39 is 12.0 Å². The molecule has 0 spiro atoms. The molecule has 0 bridgehead atoms. The summed E-state index contributed by atoms with van der Waals surface area (Å²) in [5.41, 5.74) is 5.13. The van der Waals surface area contributed by atoms with E-state index in [1.54, 1.807) is 0 Å². The Balaban J connectivity index is 0. The molecular formula is C11H25NO6. The quantitative estimate of drug-likeness (QED) is 0.382. The van der Waals surface area contributed by atoms with E-state index >= 15 is 0 Å². The van der Waals surface area contributed by atoms with E-state index in [9.17, 15) is 4.79 Å². The van der Waals surface area contributed by atoms with Crippen molar-refractivity contribution >= 4 is 5.97 Å². The normalized spacial score (nSPS) is 11.6. The number of hydrogen-bond donors (Lipinski definition) is 4. The summed E-state index contributed by atoms with van der Waals surface area (Å²) < 4.78 is 9.75. The van der Waals surface area contributed by atoms with Crippen LogP contribution in [0.2, 0.25) is 0 Å². The molecule has 0 aromatic carbocycles. The average Bonchev–Trinajstić information content (AvgIpc) is 2.35. The van der Waals surface area contributed by atoms with Crippen molar-refractivity contribution in [2.45, 2.75) is 25.8 Å². The number of aliphatic hydroxyl groups excluding tert-OH is 2. The second kappa shape index (κ2) is 16.3. The topological polar surface area (TPSA) is 122 Å². The van der Waals surface area contributed by atoms with Crippen molar-refractivity contribution in [3.8, 4) is 0 Å². The lowest BCUT2D eigenvalue weighted by Gasteiger charge is -2.01. The molecule has 0 heterocycles. The first kappa shape index (κ1) is 19.6. The molecule has 0 radical (unpaired) electrons. The van der Waals surface area contributed by atoms with Gasteiger partial charge in [-0.15, -0.1) is 0 Å². The number of ether oxygens (including phenoxy) is 2. The Kier molecular flexibility index (Phi) is 17.7. The van der Waals surface area contributed by atoms with Gasteiger partial charge in [0.2, 0.25) is 0 Å². The second-order valence-electron chi connectivity index (χ2n) is 3.41. The van der Waals surface area contributed by atoms with Crippen LogP contribution >= 0.6 is 0 Å². The summed E-state index contributed by atoms with van der Waals surface area (Å²) in [7, 11) is 0. The van der Waals surface area contributed by atoms with E-state index in [0.717, 1.165) is 6.42 Å². The summed E-state index contributed by atoms with van der Waals surface area (Å²) >= 11 is 0. The van der Waals surface area contributed by atoms with Crippen molar-refractivity contribution in [2.75, 3.05) is 39.6 Å². The summed E-state index contributed by atoms with van der Waals surface area (Å²) in [6, 6.07) is -0.667. The maximum absolute atomic E-state index is 9.96. The van der Waals surface area contributed by atoms with Gasteiger partial charge in [0.25, 0.3) is 0 Å². The van der Waals surface area contributed by atoms with Crippen LogP contribution in [-0.4, -0.2) is 67.0 Å². The number of nitrogens with two attached hydrogens (primary N) is 1. The van der Waals surface area contributed by atoms with E-state index in [0.29, 0.717) is 32.8 Å². The molecule has 0 aliphatic rings. The fraction of sp³-hybridized carbons (Fsp3) is 0.909. The zero-order chi connectivity index (χ0) is 14.2. The highest BCUT2D eigenvalue weighted by atomic mass is 16.5. The first-order valence-corrected chi connectivity index (χ1v) is 5.95. The Morgan fingerprint density at radius 2 is 1.56 bits per heavy atom. The van der Waals surface area contributed by atoms with Gasteiger partial charge in [0.05, 0.1) is 39.6 Å². The second-order valence-corrected chi connectivity index (χ2v) is 3.41. The predicted octanol–water partition coefficient (Wildman–Crippen LogP) is -0.797. The fourth-order valence-corrected chi connectivity index (χ4v) is 0.886. The lowest BCUT2D eigenvalue weighted by molar-refractivity contribution is -0.138. The Labute approximate surface area is 108 Å². The summed E-state index contributed by atoms with van der Waals surface area (Å²) in [5, 5.41) is 24.7. The highest BCUT2D eigenvalue weighted by Gasteiger charge is 2.07. The lowest BCUT2D eigenvalue weighted by Crippen LogP contribution is -2.29. The smallest absolute Gasteiger partial charge is 0.320 e. The first-order chi connectivity index (χ1) is 8.59. The fourth-order valence-electron chi connectivity index (χ4n) is 0.886. The zero-order valence-corrected chi connectivity index (χ0v) is 10.9. The summed E-state index contributed by atoms with van der Waals surface area (Å²) in [6.45, 7) is 3.63. The minimum absolute atomic E-state index is 0.0417. The van der Waals surface area contributed by atoms with Gasteiger partial charge in [-0.25, -0.2) is 0 Å². The lowest BCUT2D eigenvalue weighted by atomic mass is 10.2. The molecule has 0 aliphatic heterocycles. The van der Waals surface area contributed by atoms with E-state index in [2.05, 4.69) is 0 Å². The van der Waals surface area contributed by atoms with Crippen LogP contribution in [0.5, 0.6) is 0 Å². The number of carboxylic acids is 1. The molecule has 7 nitrogen and oxygen atoms in total. The molecule has 0 aromatic rings. The van der Waals surface area contributed by atoms with Crippen molar-refractivity contribution < 1.29 is 29.6 Å². The van der Waals surface area contributed by atoms with Crippen LogP contribution in [0.1, 0.15) is 19.8 Å². The molecule has 0 rings (SSSR count). The highest BCUT2D eigenvalue weighted by molar-refractivity contribution is 5.72. The van der Waals surface area contributed by atoms with Gasteiger partial charge in [-0.2, -0.15) is 0 Å². The number of rotatable bonds is 10. The van der Waals surface area contributed by atoms with Crippen LogP contribution in [0.3, 0.4) is 0 Å². The Hall–Kier alpha value is -0.730. The Bertz CT molecular complexity index is 171. The van der Waals surface area contributed by atoms with Crippen molar-refractivity contribution in [3.63, 3.8) is 0 Å². The number of aliphatic hydroxyl groups is 2. The van der Waals surface area contributed by atoms with Gasteiger partial charge >= 0.3 is 5.97 Å². The number of carboxylic acid groups (broad SMARTS) is 1. The monoisotopic (exact) mass is 267 g/mol. The van der Waals surface area contributed by atoms with Crippen molar-refractivity contribution in [1.82, 2.24) is 0 Å². The largest absolute Gasteiger partial charge is 0.480 e. The third-order valence-electron chi connectivity index (χ3n) is 1.76. The summed E-state index contributed by atoms with van der Waals surface area (Å²) in [4.78, 5) is 9.96. The minimum Gasteiger partial charge on any atom is -0.480 e. The van der Waals surface area contributed by atoms with E-state index in [1.807, 2.05) is 6.92 Å². The van der Waals surface area contributed by atoms with Crippen LogP contribution in [-0.2, 0) is 14.3 Å². The molecule has 110 valence electrons. The van der Waals surface area contributed by atoms with Crippen LogP contribution < -0.4 is 5.73 Å². The molecule has 7 heteroatoms. The van der Waals surface area contributed by atoms with Gasteiger partial charge in [0, 0.05) is 0 Å². The van der Waals surface area contributed by atoms with E-state index in [-0.39, 0.29) is 13.2 Å². The predicted molar refractivity (Wildman–Crippen MR) is 66.3 cm³/mol. The number of aliphatic carboxylic acids is 1. The first-order valence-electron chi connectivity index (χ1n) is 5.95. The molecule has 0 fully saturated rings. The molecule has 5 N–H and O–H groups in total.